The standard InChI is InChI=1S/C17H18Cl2F3N5O2S/c1-25(2)14-10-13(17(20,21)22)23-16(24-14)26-6-8-27(9-7-26)30(28,29)12-5-3-4-11(18)15(12)19/h3-5,10H,6-9H2,1-2H3. The van der Waals surface area contributed by atoms with Crippen LogP contribution in [-0.4, -0.2) is 63.0 Å². The van der Waals surface area contributed by atoms with Gasteiger partial charge in [0.1, 0.15) is 10.7 Å². The third kappa shape index (κ3) is 4.58. The van der Waals surface area contributed by atoms with Crippen LogP contribution in [0.5, 0.6) is 0 Å². The predicted molar refractivity (Wildman–Crippen MR) is 109 cm³/mol. The Morgan fingerprint density at radius 3 is 2.27 bits per heavy atom. The van der Waals surface area contributed by atoms with Crippen LogP contribution in [0.4, 0.5) is 24.9 Å². The van der Waals surface area contributed by atoms with Gasteiger partial charge in [-0.05, 0) is 12.1 Å². The molecule has 13 heteroatoms. The SMILES string of the molecule is CN(C)c1cc(C(F)(F)F)nc(N2CCN(S(=O)(=O)c3cccc(Cl)c3Cl)CC2)n1. The van der Waals surface area contributed by atoms with Crippen LogP contribution in [0.2, 0.25) is 10.0 Å². The Morgan fingerprint density at radius 2 is 1.70 bits per heavy atom. The molecule has 0 amide bonds. The highest BCUT2D eigenvalue weighted by Crippen LogP contribution is 2.33. The first-order valence-electron chi connectivity index (χ1n) is 8.74. The van der Waals surface area contributed by atoms with Gasteiger partial charge in [-0.1, -0.05) is 29.3 Å². The van der Waals surface area contributed by atoms with Gasteiger partial charge in [0, 0.05) is 46.3 Å². The topological polar surface area (TPSA) is 69.6 Å². The molecule has 30 heavy (non-hydrogen) atoms. The van der Waals surface area contributed by atoms with Crippen molar-refractivity contribution in [1.82, 2.24) is 14.3 Å². The van der Waals surface area contributed by atoms with E-state index < -0.39 is 21.9 Å². The largest absolute Gasteiger partial charge is 0.433 e. The minimum atomic E-state index is -4.63. The lowest BCUT2D eigenvalue weighted by atomic mass is 10.3. The average molecular weight is 484 g/mol. The molecule has 0 N–H and O–H groups in total. The van der Waals surface area contributed by atoms with Crippen LogP contribution in [0.1, 0.15) is 5.69 Å². The van der Waals surface area contributed by atoms with Gasteiger partial charge in [-0.15, -0.1) is 0 Å². The van der Waals surface area contributed by atoms with Gasteiger partial charge in [0.25, 0.3) is 0 Å². The van der Waals surface area contributed by atoms with Gasteiger partial charge in [0.05, 0.1) is 10.0 Å². The molecule has 0 aliphatic carbocycles. The summed E-state index contributed by atoms with van der Waals surface area (Å²) in [4.78, 5) is 10.7. The summed E-state index contributed by atoms with van der Waals surface area (Å²) < 4.78 is 66.7. The maximum absolute atomic E-state index is 13.2. The molecule has 2 heterocycles. The third-order valence-electron chi connectivity index (χ3n) is 4.50. The number of benzene rings is 1. The lowest BCUT2D eigenvalue weighted by Crippen LogP contribution is -2.49. The Hall–Kier alpha value is -1.82. The first-order chi connectivity index (χ1) is 13.9. The zero-order chi connectivity index (χ0) is 22.3. The van der Waals surface area contributed by atoms with Crippen molar-refractivity contribution in [2.45, 2.75) is 11.1 Å². The summed E-state index contributed by atoms with van der Waals surface area (Å²) in [5.41, 5.74) is -1.06. The van der Waals surface area contributed by atoms with Crippen LogP contribution < -0.4 is 9.80 Å². The van der Waals surface area contributed by atoms with Gasteiger partial charge < -0.3 is 9.80 Å². The van der Waals surface area contributed by atoms with E-state index in [2.05, 4.69) is 9.97 Å². The fourth-order valence-corrected chi connectivity index (χ4v) is 5.05. The number of hydrogen-bond donors (Lipinski definition) is 0. The van der Waals surface area contributed by atoms with E-state index in [4.69, 9.17) is 23.2 Å². The lowest BCUT2D eigenvalue weighted by molar-refractivity contribution is -0.141. The number of nitrogens with zero attached hydrogens (tertiary/aromatic N) is 5. The van der Waals surface area contributed by atoms with Gasteiger partial charge in [0.2, 0.25) is 16.0 Å². The summed E-state index contributed by atoms with van der Waals surface area (Å²) in [7, 11) is -0.763. The van der Waals surface area contributed by atoms with Crippen molar-refractivity contribution in [3.8, 4) is 0 Å². The van der Waals surface area contributed by atoms with Crippen LogP contribution >= 0.6 is 23.2 Å². The van der Waals surface area contributed by atoms with E-state index in [1.807, 2.05) is 0 Å². The molecule has 0 atom stereocenters. The van der Waals surface area contributed by atoms with Crippen molar-refractivity contribution >= 4 is 45.0 Å². The van der Waals surface area contributed by atoms with Crippen molar-refractivity contribution < 1.29 is 21.6 Å². The summed E-state index contributed by atoms with van der Waals surface area (Å²) >= 11 is 12.0. The fourth-order valence-electron chi connectivity index (χ4n) is 2.89. The number of piperazine rings is 1. The molecule has 3 rings (SSSR count). The van der Waals surface area contributed by atoms with Crippen molar-refractivity contribution in [3.63, 3.8) is 0 Å². The smallest absolute Gasteiger partial charge is 0.363 e. The van der Waals surface area contributed by atoms with Gasteiger partial charge in [-0.3, -0.25) is 0 Å². The molecular formula is C17H18Cl2F3N5O2S. The van der Waals surface area contributed by atoms with Crippen molar-refractivity contribution in [3.05, 3.63) is 40.0 Å². The van der Waals surface area contributed by atoms with Gasteiger partial charge >= 0.3 is 6.18 Å². The second-order valence-corrected chi connectivity index (χ2v) is 9.44. The number of anilines is 2. The van der Waals surface area contributed by atoms with E-state index >= 15 is 0 Å². The summed E-state index contributed by atoms with van der Waals surface area (Å²) in [6.45, 7) is 0.293. The van der Waals surface area contributed by atoms with E-state index in [1.165, 1.54) is 32.3 Å². The quantitative estimate of drug-likeness (QED) is 0.663. The molecule has 0 saturated carbocycles. The number of halogens is 5. The molecular weight excluding hydrogens is 466 g/mol. The molecule has 0 radical (unpaired) electrons. The number of alkyl halides is 3. The van der Waals surface area contributed by atoms with Crippen LogP contribution in [0, 0.1) is 0 Å². The van der Waals surface area contributed by atoms with Crippen LogP contribution in [-0.2, 0) is 16.2 Å². The first kappa shape index (κ1) is 22.9. The summed E-state index contributed by atoms with van der Waals surface area (Å²) in [6.07, 6.45) is -4.63. The molecule has 1 saturated heterocycles. The minimum Gasteiger partial charge on any atom is -0.363 e. The molecule has 164 valence electrons. The highest BCUT2D eigenvalue weighted by atomic mass is 35.5. The third-order valence-corrected chi connectivity index (χ3v) is 7.38. The van der Waals surface area contributed by atoms with Crippen molar-refractivity contribution in [2.24, 2.45) is 0 Å². The van der Waals surface area contributed by atoms with Crippen molar-refractivity contribution in [2.75, 3.05) is 50.1 Å². The fraction of sp³-hybridized carbons (Fsp3) is 0.412. The molecule has 0 unspecified atom stereocenters. The molecule has 7 nitrogen and oxygen atoms in total. The number of rotatable bonds is 4. The van der Waals surface area contributed by atoms with Gasteiger partial charge in [-0.25, -0.2) is 13.4 Å². The van der Waals surface area contributed by atoms with Crippen LogP contribution in [0.25, 0.3) is 0 Å². The molecule has 1 aromatic heterocycles. The number of sulfonamides is 1. The van der Waals surface area contributed by atoms with Crippen LogP contribution in [0.3, 0.4) is 0 Å². The molecule has 0 spiro atoms. The summed E-state index contributed by atoms with van der Waals surface area (Å²) in [5, 5.41) is 0.0448. The van der Waals surface area contributed by atoms with E-state index in [-0.39, 0.29) is 52.9 Å². The Kier molecular flexibility index (Phi) is 6.38. The molecule has 1 aliphatic heterocycles. The molecule has 2 aromatic rings. The van der Waals surface area contributed by atoms with E-state index in [1.54, 1.807) is 14.1 Å². The molecule has 1 aliphatic rings. The second-order valence-electron chi connectivity index (χ2n) is 6.75. The number of aromatic nitrogens is 2. The number of hydrogen-bond acceptors (Lipinski definition) is 6. The molecule has 1 aromatic carbocycles. The Balaban J connectivity index is 1.83. The normalized spacial score (nSPS) is 16.0. The minimum absolute atomic E-state index is 0.0298. The maximum atomic E-state index is 13.2. The highest BCUT2D eigenvalue weighted by Gasteiger charge is 2.36. The highest BCUT2D eigenvalue weighted by molar-refractivity contribution is 7.89. The van der Waals surface area contributed by atoms with Crippen LogP contribution in [0.15, 0.2) is 29.2 Å². The summed E-state index contributed by atoms with van der Waals surface area (Å²) in [6, 6.07) is 5.19. The van der Waals surface area contributed by atoms with Crippen molar-refractivity contribution in [1.29, 1.82) is 0 Å². The predicted octanol–water partition coefficient (Wildman–Crippen LogP) is 3.38. The van der Waals surface area contributed by atoms with E-state index in [9.17, 15) is 21.6 Å². The molecule has 1 fully saturated rings. The zero-order valence-corrected chi connectivity index (χ0v) is 18.3. The monoisotopic (exact) mass is 483 g/mol. The average Bonchev–Trinajstić information content (AvgIpc) is 2.69. The lowest BCUT2D eigenvalue weighted by Gasteiger charge is -2.34. The van der Waals surface area contributed by atoms with E-state index in [0.29, 0.717) is 0 Å². The van der Waals surface area contributed by atoms with Gasteiger partial charge in [-0.2, -0.15) is 22.5 Å². The van der Waals surface area contributed by atoms with Gasteiger partial charge in [0.15, 0.2) is 5.69 Å². The maximum Gasteiger partial charge on any atom is 0.433 e. The first-order valence-corrected chi connectivity index (χ1v) is 10.9. The Bertz CT molecular complexity index is 1040. The van der Waals surface area contributed by atoms with E-state index in [0.717, 1.165) is 6.07 Å². The Labute approximate surface area is 182 Å². The second kappa shape index (κ2) is 8.37. The zero-order valence-electron chi connectivity index (χ0n) is 16.0. The Morgan fingerprint density at radius 1 is 1.07 bits per heavy atom. The molecule has 0 bridgehead atoms. The summed E-state index contributed by atoms with van der Waals surface area (Å²) in [5.74, 6) is -0.000513.